The van der Waals surface area contributed by atoms with Gasteiger partial charge in [0.2, 0.25) is 0 Å². The summed E-state index contributed by atoms with van der Waals surface area (Å²) < 4.78 is 25.3. The molecule has 0 amide bonds. The van der Waals surface area contributed by atoms with Gasteiger partial charge in [0.1, 0.15) is 0 Å². The van der Waals surface area contributed by atoms with E-state index in [1.165, 1.54) is 12.1 Å². The molecule has 0 aliphatic rings. The number of hydrogen-bond donors (Lipinski definition) is 0. The topological polar surface area (TPSA) is 0 Å². The van der Waals surface area contributed by atoms with E-state index in [0.29, 0.717) is 0 Å². The largest absolute Gasteiger partial charge is 0.271 e. The van der Waals surface area contributed by atoms with E-state index >= 15 is 0 Å². The Morgan fingerprint density at radius 2 is 1.82 bits per heavy atom. The van der Waals surface area contributed by atoms with Crippen molar-refractivity contribution in [1.82, 2.24) is 0 Å². The molecule has 0 radical (unpaired) electrons. The van der Waals surface area contributed by atoms with Crippen LogP contribution >= 0.6 is 11.6 Å². The molecule has 60 valence electrons. The van der Waals surface area contributed by atoms with Crippen LogP contribution in [-0.2, 0) is 5.92 Å². The second-order valence-electron chi connectivity index (χ2n) is 2.37. The van der Waals surface area contributed by atoms with Crippen molar-refractivity contribution < 1.29 is 8.78 Å². The van der Waals surface area contributed by atoms with Crippen molar-refractivity contribution in [3.8, 4) is 0 Å². The van der Waals surface area contributed by atoms with E-state index in [2.05, 4.69) is 0 Å². The monoisotopic (exact) mass is 176 g/mol. The molecule has 3 heteroatoms. The molecule has 11 heavy (non-hydrogen) atoms. The maximum Gasteiger partial charge on any atom is 0.271 e. The molecular weight excluding hydrogens is 170 g/mol. The molecule has 0 spiro atoms. The van der Waals surface area contributed by atoms with E-state index < -0.39 is 5.92 Å². The first kappa shape index (κ1) is 8.47. The summed E-state index contributed by atoms with van der Waals surface area (Å²) in [6.07, 6.45) is 0. The zero-order valence-electron chi connectivity index (χ0n) is 5.94. The molecule has 0 saturated carbocycles. The molecule has 0 N–H and O–H groups in total. The van der Waals surface area contributed by atoms with Crippen molar-refractivity contribution in [2.45, 2.75) is 12.8 Å². The highest BCUT2D eigenvalue weighted by Gasteiger charge is 2.26. The van der Waals surface area contributed by atoms with Crippen LogP contribution in [0.4, 0.5) is 8.78 Å². The van der Waals surface area contributed by atoms with Crippen LogP contribution in [0.5, 0.6) is 0 Å². The van der Waals surface area contributed by atoms with Crippen molar-refractivity contribution >= 4 is 11.6 Å². The van der Waals surface area contributed by atoms with Gasteiger partial charge in [0.15, 0.2) is 0 Å². The van der Waals surface area contributed by atoms with Crippen molar-refractivity contribution in [2.24, 2.45) is 0 Å². The average molecular weight is 177 g/mol. The van der Waals surface area contributed by atoms with Gasteiger partial charge in [-0.15, -0.1) is 0 Å². The minimum absolute atomic E-state index is 0.111. The molecule has 0 bridgehead atoms. The van der Waals surface area contributed by atoms with Crippen LogP contribution in [0, 0.1) is 0 Å². The Balaban J connectivity index is 3.14. The van der Waals surface area contributed by atoms with Gasteiger partial charge in [-0.3, -0.25) is 0 Å². The third-order valence-electron chi connectivity index (χ3n) is 1.35. The van der Waals surface area contributed by atoms with Gasteiger partial charge in [-0.25, -0.2) is 8.78 Å². The maximum absolute atomic E-state index is 12.6. The highest BCUT2D eigenvalue weighted by atomic mass is 35.5. The second-order valence-corrected chi connectivity index (χ2v) is 2.78. The molecule has 1 rings (SSSR count). The Bertz CT molecular complexity index is 253. The fraction of sp³-hybridized carbons (Fsp3) is 0.250. The molecule has 0 aliphatic heterocycles. The Labute approximate surface area is 68.8 Å². The van der Waals surface area contributed by atoms with E-state index in [9.17, 15) is 8.78 Å². The molecule has 1 aromatic carbocycles. The summed E-state index contributed by atoms with van der Waals surface area (Å²) in [5, 5.41) is 0.111. The molecule has 0 aromatic heterocycles. The van der Waals surface area contributed by atoms with Gasteiger partial charge < -0.3 is 0 Å². The number of halogens is 3. The fourth-order valence-electron chi connectivity index (χ4n) is 0.817. The minimum atomic E-state index is -2.85. The first-order valence-corrected chi connectivity index (χ1v) is 3.52. The summed E-state index contributed by atoms with van der Waals surface area (Å²) in [6.45, 7) is 0.828. The molecule has 0 nitrogen and oxygen atoms in total. The van der Waals surface area contributed by atoms with Gasteiger partial charge in [-0.05, 0) is 6.07 Å². The van der Waals surface area contributed by atoms with Crippen LogP contribution in [0.2, 0.25) is 5.02 Å². The Hall–Kier alpha value is -0.630. The maximum atomic E-state index is 12.6. The molecule has 0 heterocycles. The molecule has 1 aromatic rings. The molecule has 0 saturated heterocycles. The molecular formula is C8H7ClF2. The van der Waals surface area contributed by atoms with E-state index in [-0.39, 0.29) is 10.6 Å². The van der Waals surface area contributed by atoms with E-state index in [1.807, 2.05) is 0 Å². The molecule has 0 fully saturated rings. The van der Waals surface area contributed by atoms with E-state index in [4.69, 9.17) is 11.6 Å². The number of benzene rings is 1. The third kappa shape index (κ3) is 1.90. The summed E-state index contributed by atoms with van der Waals surface area (Å²) in [5.41, 5.74) is -0.123. The standard InChI is InChI=1S/C8H7ClF2/c1-8(10,11)6-4-2-3-5-7(6)9/h2-5H,1H3. The van der Waals surface area contributed by atoms with Gasteiger partial charge in [-0.1, -0.05) is 29.8 Å². The normalized spacial score (nSPS) is 11.6. The Morgan fingerprint density at radius 3 is 2.18 bits per heavy atom. The molecule has 0 unspecified atom stereocenters. The molecule has 0 atom stereocenters. The highest BCUT2D eigenvalue weighted by molar-refractivity contribution is 6.31. The summed E-state index contributed by atoms with van der Waals surface area (Å²) in [4.78, 5) is 0. The Kier molecular flexibility index (Phi) is 2.14. The van der Waals surface area contributed by atoms with Crippen LogP contribution < -0.4 is 0 Å². The number of hydrogen-bond acceptors (Lipinski definition) is 0. The predicted octanol–water partition coefficient (Wildman–Crippen LogP) is 3.45. The lowest BCUT2D eigenvalue weighted by atomic mass is 10.1. The summed E-state index contributed by atoms with van der Waals surface area (Å²) in [6, 6.07) is 5.94. The van der Waals surface area contributed by atoms with Gasteiger partial charge in [0.25, 0.3) is 5.92 Å². The van der Waals surface area contributed by atoms with Crippen LogP contribution in [0.1, 0.15) is 12.5 Å². The van der Waals surface area contributed by atoms with Crippen molar-refractivity contribution in [3.63, 3.8) is 0 Å². The summed E-state index contributed by atoms with van der Waals surface area (Å²) >= 11 is 5.53. The highest BCUT2D eigenvalue weighted by Crippen LogP contribution is 2.31. The van der Waals surface area contributed by atoms with Crippen molar-refractivity contribution in [3.05, 3.63) is 34.9 Å². The quantitative estimate of drug-likeness (QED) is 0.615. The average Bonchev–Trinajstić information content (AvgIpc) is 1.86. The smallest absolute Gasteiger partial charge is 0.202 e. The zero-order chi connectivity index (χ0) is 8.48. The predicted molar refractivity (Wildman–Crippen MR) is 41.0 cm³/mol. The minimum Gasteiger partial charge on any atom is -0.202 e. The van der Waals surface area contributed by atoms with Crippen molar-refractivity contribution in [2.75, 3.05) is 0 Å². The van der Waals surface area contributed by atoms with Crippen LogP contribution in [0.3, 0.4) is 0 Å². The van der Waals surface area contributed by atoms with Crippen molar-refractivity contribution in [1.29, 1.82) is 0 Å². The number of alkyl halides is 2. The van der Waals surface area contributed by atoms with Crippen LogP contribution in [0.25, 0.3) is 0 Å². The van der Waals surface area contributed by atoms with Gasteiger partial charge in [0, 0.05) is 17.5 Å². The lowest BCUT2D eigenvalue weighted by Crippen LogP contribution is -2.07. The first-order valence-electron chi connectivity index (χ1n) is 3.14. The van der Waals surface area contributed by atoms with Crippen LogP contribution in [0.15, 0.2) is 24.3 Å². The summed E-state index contributed by atoms with van der Waals surface area (Å²) in [5.74, 6) is -2.85. The van der Waals surface area contributed by atoms with Gasteiger partial charge >= 0.3 is 0 Å². The van der Waals surface area contributed by atoms with E-state index in [0.717, 1.165) is 6.92 Å². The van der Waals surface area contributed by atoms with Crippen LogP contribution in [-0.4, -0.2) is 0 Å². The third-order valence-corrected chi connectivity index (χ3v) is 1.68. The first-order chi connectivity index (χ1) is 5.02. The number of rotatable bonds is 1. The fourth-order valence-corrected chi connectivity index (χ4v) is 1.12. The summed E-state index contributed by atoms with van der Waals surface area (Å²) in [7, 11) is 0. The SMILES string of the molecule is CC(F)(F)c1ccccc1Cl. The zero-order valence-corrected chi connectivity index (χ0v) is 6.70. The van der Waals surface area contributed by atoms with Gasteiger partial charge in [-0.2, -0.15) is 0 Å². The second kappa shape index (κ2) is 2.78. The Morgan fingerprint density at radius 1 is 1.27 bits per heavy atom. The lowest BCUT2D eigenvalue weighted by molar-refractivity contribution is 0.0176. The lowest BCUT2D eigenvalue weighted by Gasteiger charge is -2.11. The molecule has 0 aliphatic carbocycles. The van der Waals surface area contributed by atoms with Gasteiger partial charge in [0.05, 0.1) is 0 Å². The van der Waals surface area contributed by atoms with E-state index in [1.54, 1.807) is 12.1 Å².